The first-order valence-electron chi connectivity index (χ1n) is 8.05. The molecule has 0 atom stereocenters. The maximum atomic E-state index is 12.2. The van der Waals surface area contributed by atoms with E-state index in [1.165, 1.54) is 6.42 Å². The summed E-state index contributed by atoms with van der Waals surface area (Å²) in [6.07, 6.45) is 1.22. The van der Waals surface area contributed by atoms with Gasteiger partial charge in [-0.3, -0.25) is 4.90 Å². The lowest BCUT2D eigenvalue weighted by molar-refractivity contribution is 0.135. The number of nitrogens with zero attached hydrogens (tertiary/aromatic N) is 2. The zero-order valence-electron chi connectivity index (χ0n) is 13.5. The van der Waals surface area contributed by atoms with Crippen LogP contribution in [0, 0.1) is 5.92 Å². The molecule has 1 aliphatic heterocycles. The summed E-state index contributed by atoms with van der Waals surface area (Å²) < 4.78 is 0. The van der Waals surface area contributed by atoms with Gasteiger partial charge in [-0.25, -0.2) is 4.79 Å². The van der Waals surface area contributed by atoms with Crippen molar-refractivity contribution >= 4 is 17.6 Å². The Kier molecular flexibility index (Phi) is 6.52. The minimum atomic E-state index is 0.00318. The van der Waals surface area contributed by atoms with Crippen LogP contribution in [0.2, 0.25) is 5.02 Å². The lowest BCUT2D eigenvalue weighted by Crippen LogP contribution is -2.51. The number of hydrogen-bond acceptors (Lipinski definition) is 2. The second-order valence-electron chi connectivity index (χ2n) is 6.26. The first-order valence-corrected chi connectivity index (χ1v) is 8.42. The highest BCUT2D eigenvalue weighted by molar-refractivity contribution is 6.31. The van der Waals surface area contributed by atoms with E-state index in [9.17, 15) is 4.79 Å². The molecule has 0 spiro atoms. The molecule has 1 N–H and O–H groups in total. The van der Waals surface area contributed by atoms with Gasteiger partial charge in [0.25, 0.3) is 0 Å². The fraction of sp³-hybridized carbons (Fsp3) is 0.588. The number of nitrogens with one attached hydrogen (secondary N) is 1. The van der Waals surface area contributed by atoms with Gasteiger partial charge in [0.1, 0.15) is 0 Å². The van der Waals surface area contributed by atoms with E-state index in [0.29, 0.717) is 11.6 Å². The molecule has 0 aromatic heterocycles. The third kappa shape index (κ3) is 5.18. The van der Waals surface area contributed by atoms with Crippen molar-refractivity contribution in [1.29, 1.82) is 0 Å². The number of halogens is 1. The first-order chi connectivity index (χ1) is 10.6. The number of carbonyl (C=O) groups is 1. The topological polar surface area (TPSA) is 35.6 Å². The van der Waals surface area contributed by atoms with E-state index in [1.807, 2.05) is 29.2 Å². The number of rotatable bonds is 5. The van der Waals surface area contributed by atoms with Crippen molar-refractivity contribution in [2.75, 3.05) is 32.7 Å². The molecule has 2 rings (SSSR count). The predicted octanol–water partition coefficient (Wildman–Crippen LogP) is 3.21. The zero-order chi connectivity index (χ0) is 15.9. The normalized spacial score (nSPS) is 16.1. The van der Waals surface area contributed by atoms with Crippen LogP contribution in [0.1, 0.15) is 25.8 Å². The van der Waals surface area contributed by atoms with Gasteiger partial charge in [-0.2, -0.15) is 0 Å². The molecule has 0 aliphatic carbocycles. The van der Waals surface area contributed by atoms with Crippen molar-refractivity contribution in [1.82, 2.24) is 15.1 Å². The average Bonchev–Trinajstić information content (AvgIpc) is 2.52. The Balaban J connectivity index is 1.72. The van der Waals surface area contributed by atoms with E-state index < -0.39 is 0 Å². The van der Waals surface area contributed by atoms with Crippen LogP contribution < -0.4 is 5.32 Å². The number of urea groups is 1. The van der Waals surface area contributed by atoms with Crippen LogP contribution in [0.5, 0.6) is 0 Å². The molecule has 0 saturated carbocycles. The van der Waals surface area contributed by atoms with Gasteiger partial charge in [0.05, 0.1) is 0 Å². The van der Waals surface area contributed by atoms with Gasteiger partial charge in [0.15, 0.2) is 0 Å². The third-order valence-electron chi connectivity index (χ3n) is 4.07. The molecule has 1 aromatic carbocycles. The monoisotopic (exact) mass is 323 g/mol. The van der Waals surface area contributed by atoms with Crippen molar-refractivity contribution in [2.45, 2.75) is 26.8 Å². The SMILES string of the molecule is CC(C)CCN1CCN(C(=O)NCc2ccccc2Cl)CC1. The van der Waals surface area contributed by atoms with E-state index in [-0.39, 0.29) is 6.03 Å². The summed E-state index contributed by atoms with van der Waals surface area (Å²) in [5, 5.41) is 3.65. The Morgan fingerprint density at radius 2 is 1.91 bits per heavy atom. The van der Waals surface area contributed by atoms with Crippen LogP contribution in [-0.4, -0.2) is 48.6 Å². The van der Waals surface area contributed by atoms with Crippen molar-refractivity contribution in [3.05, 3.63) is 34.9 Å². The number of hydrogen-bond donors (Lipinski definition) is 1. The van der Waals surface area contributed by atoms with Crippen molar-refractivity contribution < 1.29 is 4.79 Å². The van der Waals surface area contributed by atoms with E-state index >= 15 is 0 Å². The maximum absolute atomic E-state index is 12.2. The molecule has 122 valence electrons. The molecular formula is C17H26ClN3O. The Hall–Kier alpha value is -1.26. The molecule has 1 aromatic rings. The van der Waals surface area contributed by atoms with Crippen LogP contribution in [-0.2, 0) is 6.54 Å². The summed E-state index contributed by atoms with van der Waals surface area (Å²) in [6.45, 7) is 9.63. The van der Waals surface area contributed by atoms with Gasteiger partial charge in [0, 0.05) is 37.7 Å². The minimum absolute atomic E-state index is 0.00318. The molecule has 5 heteroatoms. The lowest BCUT2D eigenvalue weighted by atomic mass is 10.1. The molecule has 1 fully saturated rings. The first kappa shape index (κ1) is 17.1. The van der Waals surface area contributed by atoms with Crippen molar-refractivity contribution in [2.24, 2.45) is 5.92 Å². The molecule has 1 saturated heterocycles. The molecule has 0 unspecified atom stereocenters. The highest BCUT2D eigenvalue weighted by Gasteiger charge is 2.20. The molecule has 4 nitrogen and oxygen atoms in total. The average molecular weight is 324 g/mol. The largest absolute Gasteiger partial charge is 0.334 e. The summed E-state index contributed by atoms with van der Waals surface area (Å²) in [7, 11) is 0. The van der Waals surface area contributed by atoms with Crippen LogP contribution in [0.15, 0.2) is 24.3 Å². The van der Waals surface area contributed by atoms with E-state index in [1.54, 1.807) is 0 Å². The quantitative estimate of drug-likeness (QED) is 0.903. The molecule has 0 radical (unpaired) electrons. The maximum Gasteiger partial charge on any atom is 0.317 e. The molecule has 2 amide bonds. The summed E-state index contributed by atoms with van der Waals surface area (Å²) in [4.78, 5) is 16.5. The summed E-state index contributed by atoms with van der Waals surface area (Å²) in [5.41, 5.74) is 0.952. The van der Waals surface area contributed by atoms with Crippen LogP contribution in [0.25, 0.3) is 0 Å². The molecule has 1 heterocycles. The van der Waals surface area contributed by atoms with Crippen LogP contribution >= 0.6 is 11.6 Å². The van der Waals surface area contributed by atoms with Gasteiger partial charge in [0.2, 0.25) is 0 Å². The van der Waals surface area contributed by atoms with E-state index in [4.69, 9.17) is 11.6 Å². The minimum Gasteiger partial charge on any atom is -0.334 e. The summed E-state index contributed by atoms with van der Waals surface area (Å²) in [5.74, 6) is 0.733. The highest BCUT2D eigenvalue weighted by Crippen LogP contribution is 2.14. The van der Waals surface area contributed by atoms with Gasteiger partial charge in [-0.15, -0.1) is 0 Å². The van der Waals surface area contributed by atoms with E-state index in [2.05, 4.69) is 24.1 Å². The molecule has 1 aliphatic rings. The molecule has 22 heavy (non-hydrogen) atoms. The number of amides is 2. The molecular weight excluding hydrogens is 298 g/mol. The smallest absolute Gasteiger partial charge is 0.317 e. The van der Waals surface area contributed by atoms with Crippen LogP contribution in [0.3, 0.4) is 0 Å². The van der Waals surface area contributed by atoms with Crippen LogP contribution in [0.4, 0.5) is 4.79 Å². The summed E-state index contributed by atoms with van der Waals surface area (Å²) >= 11 is 6.10. The fourth-order valence-electron chi connectivity index (χ4n) is 2.54. The predicted molar refractivity (Wildman–Crippen MR) is 91.2 cm³/mol. The third-order valence-corrected chi connectivity index (χ3v) is 4.44. The number of carbonyl (C=O) groups excluding carboxylic acids is 1. The Morgan fingerprint density at radius 1 is 1.23 bits per heavy atom. The Bertz CT molecular complexity index is 485. The summed E-state index contributed by atoms with van der Waals surface area (Å²) in [6, 6.07) is 7.61. The Morgan fingerprint density at radius 3 is 2.55 bits per heavy atom. The van der Waals surface area contributed by atoms with Crippen molar-refractivity contribution in [3.8, 4) is 0 Å². The van der Waals surface area contributed by atoms with Crippen molar-refractivity contribution in [3.63, 3.8) is 0 Å². The zero-order valence-corrected chi connectivity index (χ0v) is 14.3. The van der Waals surface area contributed by atoms with Gasteiger partial charge >= 0.3 is 6.03 Å². The second-order valence-corrected chi connectivity index (χ2v) is 6.67. The highest BCUT2D eigenvalue weighted by atomic mass is 35.5. The lowest BCUT2D eigenvalue weighted by Gasteiger charge is -2.35. The number of benzene rings is 1. The van der Waals surface area contributed by atoms with Gasteiger partial charge in [-0.1, -0.05) is 43.6 Å². The number of piperazine rings is 1. The molecule has 0 bridgehead atoms. The Labute approximate surface area is 138 Å². The van der Waals surface area contributed by atoms with E-state index in [0.717, 1.165) is 44.2 Å². The standard InChI is InChI=1S/C17H26ClN3O/c1-14(2)7-8-20-9-11-21(12-10-20)17(22)19-13-15-5-3-4-6-16(15)18/h3-6,14H,7-13H2,1-2H3,(H,19,22). The van der Waals surface area contributed by atoms with Gasteiger partial charge < -0.3 is 10.2 Å². The van der Waals surface area contributed by atoms with Gasteiger partial charge in [-0.05, 0) is 30.5 Å². The fourth-order valence-corrected chi connectivity index (χ4v) is 2.74. The second kappa shape index (κ2) is 8.39.